The van der Waals surface area contributed by atoms with Crippen LogP contribution in [0.4, 0.5) is 0 Å². The fraction of sp³-hybridized carbons (Fsp3) is 0.333. The standard InChI is InChI=1S/C9H13NO.ClH/c1-2-10-8-11-9-6-4-3-5-7-9;/h3-7,10H,2,8H2,1H3;1H. The first-order chi connectivity index (χ1) is 5.43. The third kappa shape index (κ3) is 4.21. The predicted molar refractivity (Wildman–Crippen MR) is 52.9 cm³/mol. The summed E-state index contributed by atoms with van der Waals surface area (Å²) in [6, 6.07) is 9.78. The Morgan fingerprint density at radius 3 is 2.50 bits per heavy atom. The van der Waals surface area contributed by atoms with Crippen molar-refractivity contribution in [3.63, 3.8) is 0 Å². The number of ether oxygens (including phenoxy) is 1. The van der Waals surface area contributed by atoms with Crippen molar-refractivity contribution in [3.8, 4) is 5.75 Å². The van der Waals surface area contributed by atoms with Crippen molar-refractivity contribution in [3.05, 3.63) is 30.3 Å². The van der Waals surface area contributed by atoms with E-state index in [0.717, 1.165) is 12.3 Å². The lowest BCUT2D eigenvalue weighted by Crippen LogP contribution is -2.19. The lowest BCUT2D eigenvalue weighted by molar-refractivity contribution is 0.287. The van der Waals surface area contributed by atoms with Crippen LogP contribution in [-0.4, -0.2) is 13.3 Å². The number of hydrogen-bond acceptors (Lipinski definition) is 2. The maximum absolute atomic E-state index is 5.34. The average molecular weight is 188 g/mol. The molecule has 0 aliphatic rings. The minimum absolute atomic E-state index is 0. The van der Waals surface area contributed by atoms with Gasteiger partial charge in [-0.15, -0.1) is 12.4 Å². The van der Waals surface area contributed by atoms with Crippen LogP contribution in [0.15, 0.2) is 30.3 Å². The van der Waals surface area contributed by atoms with Crippen LogP contribution in [0.5, 0.6) is 5.75 Å². The quantitative estimate of drug-likeness (QED) is 0.576. The molecule has 0 atom stereocenters. The number of nitrogens with one attached hydrogen (secondary N) is 1. The van der Waals surface area contributed by atoms with Crippen LogP contribution in [0.1, 0.15) is 6.92 Å². The number of hydrogen-bond donors (Lipinski definition) is 1. The Bertz CT molecular complexity index is 191. The molecule has 12 heavy (non-hydrogen) atoms. The monoisotopic (exact) mass is 187 g/mol. The van der Waals surface area contributed by atoms with E-state index < -0.39 is 0 Å². The van der Waals surface area contributed by atoms with Crippen LogP contribution in [0.25, 0.3) is 0 Å². The van der Waals surface area contributed by atoms with Crippen molar-refractivity contribution < 1.29 is 4.74 Å². The Labute approximate surface area is 79.3 Å². The summed E-state index contributed by atoms with van der Waals surface area (Å²) in [7, 11) is 0. The summed E-state index contributed by atoms with van der Waals surface area (Å²) < 4.78 is 5.34. The molecule has 0 amide bonds. The van der Waals surface area contributed by atoms with Gasteiger partial charge in [-0.25, -0.2) is 0 Å². The second-order valence-corrected chi connectivity index (χ2v) is 2.21. The summed E-state index contributed by atoms with van der Waals surface area (Å²) in [6.45, 7) is 3.57. The highest BCUT2D eigenvalue weighted by atomic mass is 35.5. The van der Waals surface area contributed by atoms with Gasteiger partial charge in [0.1, 0.15) is 12.5 Å². The topological polar surface area (TPSA) is 21.3 Å². The van der Waals surface area contributed by atoms with E-state index in [1.165, 1.54) is 0 Å². The Hall–Kier alpha value is -0.730. The van der Waals surface area contributed by atoms with E-state index >= 15 is 0 Å². The van der Waals surface area contributed by atoms with E-state index in [2.05, 4.69) is 5.32 Å². The Morgan fingerprint density at radius 1 is 1.25 bits per heavy atom. The zero-order valence-electron chi connectivity index (χ0n) is 7.12. The molecule has 0 spiro atoms. The normalized spacial score (nSPS) is 8.75. The molecule has 1 N–H and O–H groups in total. The van der Waals surface area contributed by atoms with Crippen molar-refractivity contribution in [1.82, 2.24) is 5.32 Å². The van der Waals surface area contributed by atoms with Gasteiger partial charge in [-0.3, -0.25) is 5.32 Å². The van der Waals surface area contributed by atoms with Gasteiger partial charge in [0.25, 0.3) is 0 Å². The molecular formula is C9H14ClNO. The fourth-order valence-electron chi connectivity index (χ4n) is 0.753. The predicted octanol–water partition coefficient (Wildman–Crippen LogP) is 2.05. The molecule has 0 aromatic heterocycles. The summed E-state index contributed by atoms with van der Waals surface area (Å²) in [6.07, 6.45) is 0. The van der Waals surface area contributed by atoms with Gasteiger partial charge < -0.3 is 4.74 Å². The molecule has 0 bridgehead atoms. The van der Waals surface area contributed by atoms with E-state index in [4.69, 9.17) is 4.74 Å². The van der Waals surface area contributed by atoms with Crippen molar-refractivity contribution in [1.29, 1.82) is 0 Å². The maximum atomic E-state index is 5.34. The number of rotatable bonds is 4. The van der Waals surface area contributed by atoms with Crippen LogP contribution < -0.4 is 10.1 Å². The number of benzene rings is 1. The first-order valence-corrected chi connectivity index (χ1v) is 3.82. The van der Waals surface area contributed by atoms with Gasteiger partial charge in [-0.1, -0.05) is 25.1 Å². The van der Waals surface area contributed by atoms with Crippen LogP contribution in [0, 0.1) is 0 Å². The van der Waals surface area contributed by atoms with Crippen molar-refractivity contribution in [2.24, 2.45) is 0 Å². The summed E-state index contributed by atoms with van der Waals surface area (Å²) in [5, 5.41) is 3.07. The average Bonchev–Trinajstić information content (AvgIpc) is 2.07. The molecule has 0 radical (unpaired) electrons. The lowest BCUT2D eigenvalue weighted by atomic mass is 10.3. The molecule has 0 saturated carbocycles. The lowest BCUT2D eigenvalue weighted by Gasteiger charge is -2.04. The summed E-state index contributed by atoms with van der Waals surface area (Å²) in [5.74, 6) is 0.911. The molecular weight excluding hydrogens is 174 g/mol. The molecule has 1 aromatic carbocycles. The van der Waals surface area contributed by atoms with Crippen molar-refractivity contribution in [2.45, 2.75) is 6.92 Å². The largest absolute Gasteiger partial charge is 0.478 e. The first kappa shape index (κ1) is 11.3. The summed E-state index contributed by atoms with van der Waals surface area (Å²) in [5.41, 5.74) is 0. The Kier molecular flexibility index (Phi) is 6.53. The van der Waals surface area contributed by atoms with Crippen molar-refractivity contribution in [2.75, 3.05) is 13.3 Å². The molecule has 0 aliphatic carbocycles. The molecule has 1 aromatic rings. The van der Waals surface area contributed by atoms with Gasteiger partial charge >= 0.3 is 0 Å². The Morgan fingerprint density at radius 2 is 1.92 bits per heavy atom. The molecule has 0 heterocycles. The van der Waals surface area contributed by atoms with E-state index in [9.17, 15) is 0 Å². The molecule has 3 heteroatoms. The van der Waals surface area contributed by atoms with Crippen LogP contribution in [0.3, 0.4) is 0 Å². The second kappa shape index (κ2) is 6.95. The first-order valence-electron chi connectivity index (χ1n) is 3.82. The fourth-order valence-corrected chi connectivity index (χ4v) is 0.753. The molecule has 68 valence electrons. The van der Waals surface area contributed by atoms with Gasteiger partial charge in [-0.2, -0.15) is 0 Å². The van der Waals surface area contributed by atoms with Gasteiger partial charge in [0.15, 0.2) is 0 Å². The third-order valence-corrected chi connectivity index (χ3v) is 1.33. The molecule has 2 nitrogen and oxygen atoms in total. The Balaban J connectivity index is 0.00000121. The van der Waals surface area contributed by atoms with E-state index in [0.29, 0.717) is 6.73 Å². The van der Waals surface area contributed by atoms with Gasteiger partial charge in [-0.05, 0) is 18.7 Å². The second-order valence-electron chi connectivity index (χ2n) is 2.21. The molecule has 0 saturated heterocycles. The molecule has 1 rings (SSSR count). The summed E-state index contributed by atoms with van der Waals surface area (Å²) in [4.78, 5) is 0. The number of halogens is 1. The van der Waals surface area contributed by atoms with Crippen LogP contribution in [-0.2, 0) is 0 Å². The molecule has 0 fully saturated rings. The van der Waals surface area contributed by atoms with Gasteiger partial charge in [0.2, 0.25) is 0 Å². The highest BCUT2D eigenvalue weighted by Crippen LogP contribution is 2.06. The molecule has 0 aliphatic heterocycles. The maximum Gasteiger partial charge on any atom is 0.139 e. The van der Waals surface area contributed by atoms with Gasteiger partial charge in [0.05, 0.1) is 0 Å². The van der Waals surface area contributed by atoms with Crippen LogP contribution in [0.2, 0.25) is 0 Å². The SMILES string of the molecule is CCNCOc1ccccc1.Cl. The zero-order valence-corrected chi connectivity index (χ0v) is 7.93. The minimum atomic E-state index is 0. The smallest absolute Gasteiger partial charge is 0.139 e. The number of para-hydroxylation sites is 1. The van der Waals surface area contributed by atoms with E-state index in [1.54, 1.807) is 0 Å². The molecule has 0 unspecified atom stereocenters. The van der Waals surface area contributed by atoms with Gasteiger partial charge in [0, 0.05) is 0 Å². The highest BCUT2D eigenvalue weighted by molar-refractivity contribution is 5.85. The van der Waals surface area contributed by atoms with Crippen LogP contribution >= 0.6 is 12.4 Å². The zero-order chi connectivity index (χ0) is 7.94. The third-order valence-electron chi connectivity index (χ3n) is 1.33. The minimum Gasteiger partial charge on any atom is -0.478 e. The highest BCUT2D eigenvalue weighted by Gasteiger charge is 1.87. The van der Waals surface area contributed by atoms with E-state index in [1.807, 2.05) is 37.3 Å². The summed E-state index contributed by atoms with van der Waals surface area (Å²) >= 11 is 0. The van der Waals surface area contributed by atoms with Crippen molar-refractivity contribution >= 4 is 12.4 Å². The van der Waals surface area contributed by atoms with E-state index in [-0.39, 0.29) is 12.4 Å².